The minimum atomic E-state index is -0.0162. The Bertz CT molecular complexity index is 137. The maximum absolute atomic E-state index is 10.2. The van der Waals surface area contributed by atoms with Gasteiger partial charge in [-0.25, -0.2) is 0 Å². The van der Waals surface area contributed by atoms with Crippen molar-refractivity contribution in [3.8, 4) is 0 Å². The maximum Gasteiger partial charge on any atom is 0.208 e. The van der Waals surface area contributed by atoms with Crippen LogP contribution in [0.4, 0.5) is 0 Å². The summed E-state index contributed by atoms with van der Waals surface area (Å²) in [4.78, 5) is 19.9. The van der Waals surface area contributed by atoms with Crippen molar-refractivity contribution in [2.45, 2.75) is 19.8 Å². The fourth-order valence-electron chi connectivity index (χ4n) is 0.316. The molecule has 0 bridgehead atoms. The van der Waals surface area contributed by atoms with Gasteiger partial charge in [-0.15, -0.1) is 0 Å². The summed E-state index contributed by atoms with van der Waals surface area (Å²) in [5.41, 5.74) is 0. The minimum absolute atomic E-state index is 0.0162. The predicted octanol–water partition coefficient (Wildman–Crippen LogP) is 3.05. The first kappa shape index (κ1) is 15.3. The first-order chi connectivity index (χ1) is 5.54. The highest BCUT2D eigenvalue weighted by atomic mass is 79.9. The third-order valence-corrected chi connectivity index (χ3v) is 2.87. The molecular weight excluding hydrogens is 356 g/mol. The van der Waals surface area contributed by atoms with Gasteiger partial charge in [0.05, 0.1) is 5.33 Å². The van der Waals surface area contributed by atoms with Gasteiger partial charge in [0.25, 0.3) is 0 Å². The lowest BCUT2D eigenvalue weighted by molar-refractivity contribution is -0.117. The standard InChI is InChI=1S/C5H9BrO.C2H2Br2O/c1-5(7)3-2-4-6;3-1-2(4)5/h2-4H2,1H3;1H2. The van der Waals surface area contributed by atoms with E-state index in [1.807, 2.05) is 0 Å². The summed E-state index contributed by atoms with van der Waals surface area (Å²) in [6.45, 7) is 1.61. The molecule has 2 nitrogen and oxygen atoms in total. The number of carbonyl (C=O) groups is 2. The molecule has 0 aliphatic rings. The molecule has 0 aromatic carbocycles. The van der Waals surface area contributed by atoms with E-state index in [0.29, 0.717) is 11.8 Å². The van der Waals surface area contributed by atoms with Crippen molar-refractivity contribution >= 4 is 58.3 Å². The number of alkyl halides is 2. The molecule has 0 fully saturated rings. The zero-order valence-electron chi connectivity index (χ0n) is 6.78. The summed E-state index contributed by atoms with van der Waals surface area (Å²) in [6.07, 6.45) is 1.68. The van der Waals surface area contributed by atoms with Crippen LogP contribution in [0.2, 0.25) is 0 Å². The van der Waals surface area contributed by atoms with E-state index in [9.17, 15) is 9.59 Å². The smallest absolute Gasteiger partial charge is 0.208 e. The molecule has 0 rings (SSSR count). The van der Waals surface area contributed by atoms with E-state index in [2.05, 4.69) is 47.8 Å². The summed E-state index contributed by atoms with van der Waals surface area (Å²) >= 11 is 8.83. The van der Waals surface area contributed by atoms with Crippen LogP contribution in [-0.4, -0.2) is 21.1 Å². The Morgan fingerprint density at radius 3 is 1.75 bits per heavy atom. The molecule has 0 amide bonds. The van der Waals surface area contributed by atoms with Crippen molar-refractivity contribution in [3.05, 3.63) is 0 Å². The van der Waals surface area contributed by atoms with Gasteiger partial charge in [-0.05, 0) is 29.3 Å². The number of carbonyl (C=O) groups excluding carboxylic acids is 2. The molecule has 0 heterocycles. The number of Topliss-reactive ketones (excluding diaryl/α,β-unsaturated/α-hetero) is 1. The second kappa shape index (κ2) is 11.8. The average molecular weight is 367 g/mol. The van der Waals surface area contributed by atoms with E-state index in [0.717, 1.165) is 11.8 Å². The Morgan fingerprint density at radius 2 is 1.67 bits per heavy atom. The fourth-order valence-corrected chi connectivity index (χ4v) is 0.596. The Kier molecular flexibility index (Phi) is 15.0. The monoisotopic (exact) mass is 364 g/mol. The Labute approximate surface area is 97.9 Å². The third kappa shape index (κ3) is 22.4. The third-order valence-electron chi connectivity index (χ3n) is 0.768. The molecule has 0 aliphatic carbocycles. The van der Waals surface area contributed by atoms with Crippen molar-refractivity contribution in [3.63, 3.8) is 0 Å². The first-order valence-corrected chi connectivity index (χ1v) is 6.37. The Balaban J connectivity index is 0. The number of ketones is 1. The van der Waals surface area contributed by atoms with Crippen LogP contribution in [-0.2, 0) is 9.59 Å². The van der Waals surface area contributed by atoms with Crippen LogP contribution >= 0.6 is 47.8 Å². The highest BCUT2D eigenvalue weighted by molar-refractivity contribution is 9.19. The van der Waals surface area contributed by atoms with Gasteiger partial charge in [-0.2, -0.15) is 0 Å². The lowest BCUT2D eigenvalue weighted by Gasteiger charge is -1.85. The summed E-state index contributed by atoms with van der Waals surface area (Å²) in [7, 11) is 0. The molecule has 5 heteroatoms. The van der Waals surface area contributed by atoms with E-state index in [1.165, 1.54) is 0 Å². The van der Waals surface area contributed by atoms with Gasteiger partial charge in [-0.1, -0.05) is 31.9 Å². The fraction of sp³-hybridized carbons (Fsp3) is 0.714. The molecule has 0 radical (unpaired) electrons. The van der Waals surface area contributed by atoms with Crippen LogP contribution in [0, 0.1) is 0 Å². The lowest BCUT2D eigenvalue weighted by Crippen LogP contribution is -1.88. The zero-order chi connectivity index (χ0) is 9.98. The van der Waals surface area contributed by atoms with Gasteiger partial charge in [0, 0.05) is 11.8 Å². The average Bonchev–Trinajstić information content (AvgIpc) is 2.02. The number of hydrogen-bond acceptors (Lipinski definition) is 2. The molecule has 0 atom stereocenters. The maximum atomic E-state index is 10.2. The molecule has 12 heavy (non-hydrogen) atoms. The summed E-state index contributed by atoms with van der Waals surface area (Å²) in [5, 5.41) is 1.33. The molecule has 0 aromatic heterocycles. The predicted molar refractivity (Wildman–Crippen MR) is 61.4 cm³/mol. The summed E-state index contributed by atoms with van der Waals surface area (Å²) < 4.78 is -0.0162. The van der Waals surface area contributed by atoms with Crippen LogP contribution in [0.15, 0.2) is 0 Å². The van der Waals surface area contributed by atoms with Crippen molar-refractivity contribution in [2.24, 2.45) is 0 Å². The minimum Gasteiger partial charge on any atom is -0.300 e. The molecule has 72 valence electrons. The van der Waals surface area contributed by atoms with Crippen LogP contribution in [0.3, 0.4) is 0 Å². The number of hydrogen-bond donors (Lipinski definition) is 0. The van der Waals surface area contributed by atoms with Gasteiger partial charge in [0.15, 0.2) is 0 Å². The highest BCUT2D eigenvalue weighted by Crippen LogP contribution is 1.93. The number of rotatable bonds is 4. The molecule has 0 N–H and O–H groups in total. The lowest BCUT2D eigenvalue weighted by atomic mass is 10.3. The quantitative estimate of drug-likeness (QED) is 0.566. The second-order valence-electron chi connectivity index (χ2n) is 1.98. The van der Waals surface area contributed by atoms with Crippen LogP contribution in [0.25, 0.3) is 0 Å². The SMILES string of the molecule is CC(=O)CCCBr.O=C(Br)CBr. The van der Waals surface area contributed by atoms with Crippen molar-refractivity contribution in [1.82, 2.24) is 0 Å². The van der Waals surface area contributed by atoms with E-state index in [1.54, 1.807) is 6.92 Å². The molecule has 0 saturated carbocycles. The largest absolute Gasteiger partial charge is 0.300 e. The van der Waals surface area contributed by atoms with Crippen molar-refractivity contribution in [1.29, 1.82) is 0 Å². The summed E-state index contributed by atoms with van der Waals surface area (Å²) in [6, 6.07) is 0. The van der Waals surface area contributed by atoms with E-state index in [-0.39, 0.29) is 10.5 Å². The number of halogens is 3. The van der Waals surface area contributed by atoms with Gasteiger partial charge >= 0.3 is 0 Å². The molecule has 0 aliphatic heterocycles. The molecule has 0 spiro atoms. The van der Waals surface area contributed by atoms with Crippen LogP contribution in [0.1, 0.15) is 19.8 Å². The van der Waals surface area contributed by atoms with Gasteiger partial charge in [0.1, 0.15) is 5.78 Å². The molecular formula is C7H11Br3O2. The Morgan fingerprint density at radius 1 is 1.25 bits per heavy atom. The van der Waals surface area contributed by atoms with E-state index >= 15 is 0 Å². The van der Waals surface area contributed by atoms with Gasteiger partial charge in [-0.3, -0.25) is 4.79 Å². The van der Waals surface area contributed by atoms with Crippen molar-refractivity contribution < 1.29 is 9.59 Å². The van der Waals surface area contributed by atoms with Crippen molar-refractivity contribution in [2.75, 3.05) is 10.7 Å². The first-order valence-electron chi connectivity index (χ1n) is 3.34. The van der Waals surface area contributed by atoms with Crippen LogP contribution in [0.5, 0.6) is 0 Å². The molecule has 0 aromatic rings. The zero-order valence-corrected chi connectivity index (χ0v) is 11.5. The van der Waals surface area contributed by atoms with E-state index < -0.39 is 0 Å². The Hall–Kier alpha value is 0.780. The molecule has 0 unspecified atom stereocenters. The van der Waals surface area contributed by atoms with Gasteiger partial charge in [0.2, 0.25) is 4.69 Å². The topological polar surface area (TPSA) is 34.1 Å². The second-order valence-corrected chi connectivity index (χ2v) is 4.22. The van der Waals surface area contributed by atoms with E-state index in [4.69, 9.17) is 0 Å². The van der Waals surface area contributed by atoms with Gasteiger partial charge < -0.3 is 4.79 Å². The van der Waals surface area contributed by atoms with Crippen LogP contribution < -0.4 is 0 Å². The molecule has 0 saturated heterocycles. The summed E-state index contributed by atoms with van der Waals surface area (Å²) in [5.74, 6) is 0.277. The highest BCUT2D eigenvalue weighted by Gasteiger charge is 1.88. The normalized spacial score (nSPS) is 8.33.